The zero-order chi connectivity index (χ0) is 27.0. The zero-order valence-corrected chi connectivity index (χ0v) is 21.1. The number of nitrogens with one attached hydrogen (secondary N) is 1. The summed E-state index contributed by atoms with van der Waals surface area (Å²) in [6, 6.07) is 6.00. The largest absolute Gasteiger partial charge is 0.463 e. The van der Waals surface area contributed by atoms with Crippen molar-refractivity contribution in [3.63, 3.8) is 0 Å². The number of hydrazone groups is 1. The molecule has 1 aliphatic rings. The number of nitrogens with zero attached hydrogens (tertiary/aromatic N) is 1. The highest BCUT2D eigenvalue weighted by atomic mass is 32.2. The number of ether oxygens (including phenoxy) is 5. The van der Waals surface area contributed by atoms with Gasteiger partial charge in [-0.2, -0.15) is 13.5 Å². The summed E-state index contributed by atoms with van der Waals surface area (Å²) in [6.45, 7) is 5.80. The standard InChI is InChI=1S/C22H28N2O11S/c1-12-6-8-17(9-7-12)36(29,30)24-23-10-18-20(32-14(3)26)22(34-16(5)28)21(33-15(4)27)19(35-18)11-31-13(2)25/h6-10,18-22,24H,11H2,1-5H3/b23-10+/t18-,19+,20-,21+,22+/m0/s1. The smallest absolute Gasteiger partial charge is 0.303 e. The average molecular weight is 529 g/mol. The maximum absolute atomic E-state index is 12.5. The highest BCUT2D eigenvalue weighted by Gasteiger charge is 2.51. The van der Waals surface area contributed by atoms with Crippen molar-refractivity contribution in [1.82, 2.24) is 4.83 Å². The number of aryl methyl sites for hydroxylation is 1. The van der Waals surface area contributed by atoms with E-state index >= 15 is 0 Å². The maximum atomic E-state index is 12.5. The Labute approximate surface area is 208 Å². The number of carbonyl (C=O) groups is 4. The summed E-state index contributed by atoms with van der Waals surface area (Å²) < 4.78 is 51.7. The molecule has 0 saturated carbocycles. The molecule has 13 nitrogen and oxygen atoms in total. The molecule has 2 rings (SSSR count). The number of carbonyl (C=O) groups excluding carboxylic acids is 4. The number of rotatable bonds is 9. The van der Waals surface area contributed by atoms with E-state index in [1.165, 1.54) is 12.1 Å². The van der Waals surface area contributed by atoms with Crippen molar-refractivity contribution in [3.05, 3.63) is 29.8 Å². The fourth-order valence-electron chi connectivity index (χ4n) is 3.33. The molecule has 0 aromatic heterocycles. The lowest BCUT2D eigenvalue weighted by atomic mass is 9.94. The lowest BCUT2D eigenvalue weighted by Gasteiger charge is -2.43. The number of benzene rings is 1. The monoisotopic (exact) mass is 528 g/mol. The van der Waals surface area contributed by atoms with Gasteiger partial charge in [-0.1, -0.05) is 17.7 Å². The van der Waals surface area contributed by atoms with Crippen molar-refractivity contribution in [3.8, 4) is 0 Å². The summed E-state index contributed by atoms with van der Waals surface area (Å²) in [7, 11) is -4.05. The van der Waals surface area contributed by atoms with Crippen molar-refractivity contribution < 1.29 is 51.3 Å². The third-order valence-electron chi connectivity index (χ3n) is 4.75. The van der Waals surface area contributed by atoms with Gasteiger partial charge in [0.1, 0.15) is 18.8 Å². The van der Waals surface area contributed by atoms with Crippen molar-refractivity contribution in [2.24, 2.45) is 5.10 Å². The average Bonchev–Trinajstić information content (AvgIpc) is 2.75. The van der Waals surface area contributed by atoms with E-state index < -0.39 is 71.0 Å². The van der Waals surface area contributed by atoms with Crippen LogP contribution >= 0.6 is 0 Å². The summed E-state index contributed by atoms with van der Waals surface area (Å²) in [5.74, 6) is -3.02. The molecule has 1 saturated heterocycles. The number of esters is 4. The summed E-state index contributed by atoms with van der Waals surface area (Å²) in [4.78, 5) is 48.7. The third-order valence-corrected chi connectivity index (χ3v) is 5.99. The fourth-order valence-corrected chi connectivity index (χ4v) is 4.12. The van der Waals surface area contributed by atoms with E-state index in [-0.39, 0.29) is 4.90 Å². The van der Waals surface area contributed by atoms with Crippen molar-refractivity contribution in [2.75, 3.05) is 6.61 Å². The molecule has 0 aliphatic carbocycles. The van der Waals surface area contributed by atoms with E-state index in [1.807, 2.05) is 4.83 Å². The van der Waals surface area contributed by atoms with Gasteiger partial charge >= 0.3 is 23.9 Å². The van der Waals surface area contributed by atoms with Gasteiger partial charge in [0.25, 0.3) is 10.0 Å². The molecule has 0 unspecified atom stereocenters. The Balaban J connectivity index is 2.40. The molecular formula is C22H28N2O11S. The molecule has 36 heavy (non-hydrogen) atoms. The number of hydrogen-bond donors (Lipinski definition) is 1. The van der Waals surface area contributed by atoms with Crippen molar-refractivity contribution in [1.29, 1.82) is 0 Å². The van der Waals surface area contributed by atoms with E-state index in [9.17, 15) is 27.6 Å². The summed E-state index contributed by atoms with van der Waals surface area (Å²) in [6.07, 6.45) is -5.61. The van der Waals surface area contributed by atoms with Crippen LogP contribution < -0.4 is 4.83 Å². The van der Waals surface area contributed by atoms with Gasteiger partial charge in [0.15, 0.2) is 18.3 Å². The molecule has 0 bridgehead atoms. The first kappa shape index (κ1) is 28.7. The highest BCUT2D eigenvalue weighted by molar-refractivity contribution is 7.89. The van der Waals surface area contributed by atoms with Crippen LogP contribution in [-0.2, 0) is 52.9 Å². The van der Waals surface area contributed by atoms with Crippen LogP contribution in [0.5, 0.6) is 0 Å². The van der Waals surface area contributed by atoms with E-state index in [0.717, 1.165) is 39.5 Å². The first-order valence-corrected chi connectivity index (χ1v) is 12.2. The van der Waals surface area contributed by atoms with Gasteiger partial charge in [0, 0.05) is 27.7 Å². The van der Waals surface area contributed by atoms with Gasteiger partial charge in [-0.3, -0.25) is 19.2 Å². The molecule has 198 valence electrons. The minimum absolute atomic E-state index is 0.0493. The molecule has 1 fully saturated rings. The molecule has 14 heteroatoms. The topological polar surface area (TPSA) is 173 Å². The predicted molar refractivity (Wildman–Crippen MR) is 122 cm³/mol. The first-order valence-electron chi connectivity index (χ1n) is 10.7. The number of hydrogen-bond acceptors (Lipinski definition) is 12. The minimum Gasteiger partial charge on any atom is -0.463 e. The molecule has 1 aromatic rings. The molecule has 1 aromatic carbocycles. The minimum atomic E-state index is -4.05. The lowest BCUT2D eigenvalue weighted by molar-refractivity contribution is -0.240. The molecule has 1 aliphatic heterocycles. The second-order valence-corrected chi connectivity index (χ2v) is 9.51. The van der Waals surface area contributed by atoms with Gasteiger partial charge in [-0.15, -0.1) is 0 Å². The van der Waals surface area contributed by atoms with E-state index in [4.69, 9.17) is 23.7 Å². The van der Waals surface area contributed by atoms with Crippen LogP contribution in [-0.4, -0.2) is 75.6 Å². The zero-order valence-electron chi connectivity index (χ0n) is 20.3. The molecular weight excluding hydrogens is 500 g/mol. The Morgan fingerprint density at radius 3 is 1.94 bits per heavy atom. The van der Waals surface area contributed by atoms with Crippen molar-refractivity contribution in [2.45, 2.75) is 70.0 Å². The van der Waals surface area contributed by atoms with Crippen LogP contribution in [0, 0.1) is 6.92 Å². The van der Waals surface area contributed by atoms with Crippen LogP contribution in [0.25, 0.3) is 0 Å². The Morgan fingerprint density at radius 2 is 1.42 bits per heavy atom. The van der Waals surface area contributed by atoms with E-state index in [2.05, 4.69) is 5.10 Å². The second kappa shape index (κ2) is 12.4. The van der Waals surface area contributed by atoms with Gasteiger partial charge in [0.05, 0.1) is 11.1 Å². The van der Waals surface area contributed by atoms with Crippen LogP contribution in [0.2, 0.25) is 0 Å². The third kappa shape index (κ3) is 8.30. The van der Waals surface area contributed by atoms with E-state index in [0.29, 0.717) is 0 Å². The SMILES string of the molecule is CC(=O)OC[C@H]1O[C@@H](/C=N/NS(=O)(=O)c2ccc(C)cc2)[C@H](OC(C)=O)[C@@H](OC(C)=O)[C@@H]1OC(C)=O. The molecule has 1 N–H and O–H groups in total. The number of sulfonamides is 1. The summed E-state index contributed by atoms with van der Waals surface area (Å²) >= 11 is 0. The molecule has 5 atom stereocenters. The quantitative estimate of drug-likeness (QED) is 0.203. The predicted octanol–water partition coefficient (Wildman–Crippen LogP) is 0.385. The summed E-state index contributed by atoms with van der Waals surface area (Å²) in [5, 5.41) is 3.72. The highest BCUT2D eigenvalue weighted by Crippen LogP contribution is 2.28. The van der Waals surface area contributed by atoms with E-state index in [1.54, 1.807) is 19.1 Å². The van der Waals surface area contributed by atoms with Crippen LogP contribution in [0.3, 0.4) is 0 Å². The van der Waals surface area contributed by atoms with Gasteiger partial charge < -0.3 is 23.7 Å². The Hall–Kier alpha value is -3.52. The normalized spacial score (nSPS) is 24.0. The maximum Gasteiger partial charge on any atom is 0.303 e. The molecule has 0 amide bonds. The van der Waals surface area contributed by atoms with Gasteiger partial charge in [0.2, 0.25) is 0 Å². The van der Waals surface area contributed by atoms with Crippen LogP contribution in [0.4, 0.5) is 0 Å². The Bertz CT molecular complexity index is 1100. The van der Waals surface area contributed by atoms with Crippen LogP contribution in [0.15, 0.2) is 34.3 Å². The molecule has 0 radical (unpaired) electrons. The van der Waals surface area contributed by atoms with Crippen LogP contribution in [0.1, 0.15) is 33.3 Å². The first-order chi connectivity index (χ1) is 16.8. The fraction of sp³-hybridized carbons (Fsp3) is 0.500. The van der Waals surface area contributed by atoms with Gasteiger partial charge in [-0.25, -0.2) is 4.83 Å². The Morgan fingerprint density at radius 1 is 0.889 bits per heavy atom. The van der Waals surface area contributed by atoms with Gasteiger partial charge in [-0.05, 0) is 19.1 Å². The molecule has 0 spiro atoms. The second-order valence-electron chi connectivity index (χ2n) is 7.85. The molecule has 1 heterocycles. The Kier molecular flexibility index (Phi) is 9.93. The lowest BCUT2D eigenvalue weighted by Crippen LogP contribution is -2.62. The van der Waals surface area contributed by atoms with Crippen molar-refractivity contribution >= 4 is 40.1 Å². The summed E-state index contributed by atoms with van der Waals surface area (Å²) in [5.41, 5.74) is 0.856.